The molecule has 4 nitrogen and oxygen atoms in total. The number of benzene rings is 1. The number of hydrogen-bond donors (Lipinski definition) is 2. The van der Waals surface area contributed by atoms with Crippen LogP contribution in [0.4, 0.5) is 0 Å². The summed E-state index contributed by atoms with van der Waals surface area (Å²) in [4.78, 5) is 2.18. The number of allylic oxidation sites excluding steroid dienone is 2. The molecule has 1 unspecified atom stereocenters. The second-order valence-corrected chi connectivity index (χ2v) is 5.53. The van der Waals surface area contributed by atoms with Gasteiger partial charge in [-0.2, -0.15) is 0 Å². The van der Waals surface area contributed by atoms with E-state index in [1.807, 2.05) is 49.6 Å². The first kappa shape index (κ1) is 15.4. The molecule has 0 aromatic heterocycles. The minimum atomic E-state index is -0.400. The summed E-state index contributed by atoms with van der Waals surface area (Å²) in [6.07, 6.45) is 8.96. The topological polar surface area (TPSA) is 50.5 Å². The van der Waals surface area contributed by atoms with Crippen LogP contribution < -0.4 is 15.8 Å². The Morgan fingerprint density at radius 1 is 1.38 bits per heavy atom. The van der Waals surface area contributed by atoms with Crippen LogP contribution in [-0.4, -0.2) is 29.3 Å². The van der Waals surface area contributed by atoms with Crippen molar-refractivity contribution < 1.29 is 4.74 Å². The zero-order chi connectivity index (χ0) is 15.3. The van der Waals surface area contributed by atoms with Gasteiger partial charge in [0.05, 0.1) is 7.11 Å². The molecule has 0 spiro atoms. The number of para-hydroxylation sites is 1. The van der Waals surface area contributed by atoms with E-state index in [1.54, 1.807) is 7.11 Å². The lowest BCUT2D eigenvalue weighted by Gasteiger charge is -2.41. The highest BCUT2D eigenvalue weighted by atomic mass is 32.1. The van der Waals surface area contributed by atoms with Gasteiger partial charge in [0.25, 0.3) is 0 Å². The Kier molecular flexibility index (Phi) is 4.85. The summed E-state index contributed by atoms with van der Waals surface area (Å²) in [5.74, 6) is 0.915. The summed E-state index contributed by atoms with van der Waals surface area (Å²) in [6.45, 7) is 2.88. The third-order valence-corrected chi connectivity index (χ3v) is 3.69. The van der Waals surface area contributed by atoms with Crippen molar-refractivity contribution in [2.24, 2.45) is 5.73 Å². The molecule has 0 bridgehead atoms. The Hall–Kier alpha value is -2.01. The highest BCUT2D eigenvalue weighted by Crippen LogP contribution is 2.22. The Morgan fingerprint density at radius 2 is 2.14 bits per heavy atom. The molecule has 1 atom stereocenters. The normalized spacial score (nSPS) is 20.4. The minimum absolute atomic E-state index is 0.291. The van der Waals surface area contributed by atoms with Gasteiger partial charge >= 0.3 is 0 Å². The average molecular weight is 303 g/mol. The predicted octanol–water partition coefficient (Wildman–Crippen LogP) is 2.17. The third-order valence-electron chi connectivity index (χ3n) is 3.59. The van der Waals surface area contributed by atoms with Crippen molar-refractivity contribution in [1.29, 1.82) is 0 Å². The molecule has 112 valence electrons. The zero-order valence-corrected chi connectivity index (χ0v) is 13.2. The first-order valence-electron chi connectivity index (χ1n) is 6.87. The molecule has 0 aliphatic carbocycles. The fourth-order valence-corrected chi connectivity index (χ4v) is 2.67. The Bertz CT molecular complexity index is 570. The van der Waals surface area contributed by atoms with Gasteiger partial charge in [-0.05, 0) is 49.3 Å². The third kappa shape index (κ3) is 3.76. The van der Waals surface area contributed by atoms with Crippen LogP contribution >= 0.6 is 12.2 Å². The number of nitrogens with zero attached hydrogens (tertiary/aromatic N) is 1. The van der Waals surface area contributed by atoms with Gasteiger partial charge in [0.2, 0.25) is 0 Å². The van der Waals surface area contributed by atoms with Gasteiger partial charge in [0, 0.05) is 12.7 Å². The van der Waals surface area contributed by atoms with Gasteiger partial charge < -0.3 is 20.7 Å². The van der Waals surface area contributed by atoms with Gasteiger partial charge in [0.1, 0.15) is 11.4 Å². The Balaban J connectivity index is 2.09. The van der Waals surface area contributed by atoms with Crippen molar-refractivity contribution in [1.82, 2.24) is 10.2 Å². The van der Waals surface area contributed by atoms with Crippen LogP contribution in [0.2, 0.25) is 0 Å². The number of nitrogens with one attached hydrogen (secondary N) is 1. The number of methoxy groups -OCH3 is 1. The largest absolute Gasteiger partial charge is 0.496 e. The highest BCUT2D eigenvalue weighted by molar-refractivity contribution is 7.80. The van der Waals surface area contributed by atoms with E-state index in [1.165, 1.54) is 5.56 Å². The van der Waals surface area contributed by atoms with Crippen molar-refractivity contribution in [2.45, 2.75) is 19.0 Å². The van der Waals surface area contributed by atoms with Crippen molar-refractivity contribution in [3.63, 3.8) is 0 Å². The fraction of sp³-hybridized carbons (Fsp3) is 0.312. The summed E-state index contributed by atoms with van der Waals surface area (Å²) in [5, 5.41) is 3.43. The maximum Gasteiger partial charge on any atom is 0.165 e. The highest BCUT2D eigenvalue weighted by Gasteiger charge is 2.28. The molecule has 5 heteroatoms. The van der Waals surface area contributed by atoms with Crippen LogP contribution in [0, 0.1) is 0 Å². The van der Waals surface area contributed by atoms with Gasteiger partial charge in [-0.3, -0.25) is 0 Å². The lowest BCUT2D eigenvalue weighted by atomic mass is 10.1. The fourth-order valence-electron chi connectivity index (χ4n) is 2.47. The molecule has 21 heavy (non-hydrogen) atoms. The molecule has 1 aromatic carbocycles. The number of hydrogen-bond acceptors (Lipinski definition) is 3. The molecule has 0 saturated carbocycles. The van der Waals surface area contributed by atoms with Gasteiger partial charge in [-0.25, -0.2) is 0 Å². The maximum atomic E-state index is 5.64. The monoisotopic (exact) mass is 303 g/mol. The smallest absolute Gasteiger partial charge is 0.165 e. The number of thiocarbonyl (C=S) groups is 1. The summed E-state index contributed by atoms with van der Waals surface area (Å²) in [7, 11) is 1.70. The SMILES string of the molecule is COc1ccccc1CCN1C=CC=CC1(C)NC(N)=S. The van der Waals surface area contributed by atoms with Crippen LogP contribution in [0.3, 0.4) is 0 Å². The van der Waals surface area contributed by atoms with Crippen molar-refractivity contribution in [2.75, 3.05) is 13.7 Å². The van der Waals surface area contributed by atoms with Crippen molar-refractivity contribution in [3.05, 3.63) is 54.3 Å². The van der Waals surface area contributed by atoms with Crippen LogP contribution in [-0.2, 0) is 6.42 Å². The van der Waals surface area contributed by atoms with Crippen LogP contribution in [0.1, 0.15) is 12.5 Å². The zero-order valence-electron chi connectivity index (χ0n) is 12.4. The quantitative estimate of drug-likeness (QED) is 0.817. The molecular weight excluding hydrogens is 282 g/mol. The number of ether oxygens (including phenoxy) is 1. The number of rotatable bonds is 5. The molecule has 0 fully saturated rings. The molecule has 1 heterocycles. The molecule has 1 aliphatic heterocycles. The second-order valence-electron chi connectivity index (χ2n) is 5.09. The van der Waals surface area contributed by atoms with Gasteiger partial charge in [-0.15, -0.1) is 0 Å². The first-order valence-corrected chi connectivity index (χ1v) is 7.28. The average Bonchev–Trinajstić information content (AvgIpc) is 2.45. The predicted molar refractivity (Wildman–Crippen MR) is 90.0 cm³/mol. The molecule has 0 radical (unpaired) electrons. The number of nitrogens with two attached hydrogens (primary N) is 1. The van der Waals surface area contributed by atoms with E-state index >= 15 is 0 Å². The lowest BCUT2D eigenvalue weighted by molar-refractivity contribution is 0.197. The van der Waals surface area contributed by atoms with E-state index in [-0.39, 0.29) is 0 Å². The molecule has 0 saturated heterocycles. The summed E-state index contributed by atoms with van der Waals surface area (Å²) < 4.78 is 5.39. The maximum absolute atomic E-state index is 5.64. The molecular formula is C16H21N3OS. The van der Waals surface area contributed by atoms with E-state index in [0.29, 0.717) is 5.11 Å². The summed E-state index contributed by atoms with van der Waals surface area (Å²) in [5.41, 5.74) is 6.42. The lowest BCUT2D eigenvalue weighted by Crippen LogP contribution is -2.57. The van der Waals surface area contributed by atoms with E-state index in [2.05, 4.69) is 16.3 Å². The molecule has 1 aromatic rings. The summed E-state index contributed by atoms with van der Waals surface area (Å²) >= 11 is 4.98. The van der Waals surface area contributed by atoms with Crippen LogP contribution in [0.5, 0.6) is 5.75 Å². The molecule has 1 aliphatic rings. The minimum Gasteiger partial charge on any atom is -0.496 e. The second kappa shape index (κ2) is 6.63. The molecule has 2 rings (SSSR count). The van der Waals surface area contributed by atoms with E-state index < -0.39 is 5.66 Å². The van der Waals surface area contributed by atoms with Crippen molar-refractivity contribution in [3.8, 4) is 5.75 Å². The van der Waals surface area contributed by atoms with Gasteiger partial charge in [-0.1, -0.05) is 24.3 Å². The summed E-state index contributed by atoms with van der Waals surface area (Å²) in [6, 6.07) is 8.06. The van der Waals surface area contributed by atoms with E-state index in [4.69, 9.17) is 22.7 Å². The van der Waals surface area contributed by atoms with Gasteiger partial charge in [0.15, 0.2) is 5.11 Å². The molecule has 3 N–H and O–H groups in total. The van der Waals surface area contributed by atoms with Crippen molar-refractivity contribution >= 4 is 17.3 Å². The first-order chi connectivity index (χ1) is 10.0. The molecule has 0 amide bonds. The van der Waals surface area contributed by atoms with E-state index in [0.717, 1.165) is 18.7 Å². The Morgan fingerprint density at radius 3 is 2.86 bits per heavy atom. The standard InChI is InChI=1S/C16H21N3OS/c1-16(18-15(17)21)10-5-6-11-19(16)12-9-13-7-3-4-8-14(13)20-2/h3-8,10-11H,9,12H2,1-2H3,(H3,17,18,21). The van der Waals surface area contributed by atoms with E-state index in [9.17, 15) is 0 Å². The van der Waals surface area contributed by atoms with Crippen LogP contribution in [0.15, 0.2) is 48.7 Å². The van der Waals surface area contributed by atoms with Crippen LogP contribution in [0.25, 0.3) is 0 Å². The Labute approximate surface area is 131 Å².